The van der Waals surface area contributed by atoms with Crippen molar-refractivity contribution in [1.82, 2.24) is 9.55 Å². The molecule has 0 aliphatic rings. The van der Waals surface area contributed by atoms with Crippen LogP contribution in [0.5, 0.6) is 0 Å². The second kappa shape index (κ2) is 5.49. The zero-order valence-corrected chi connectivity index (χ0v) is 10.3. The molecular formula is C14H16N2O2. The van der Waals surface area contributed by atoms with Gasteiger partial charge in [0.2, 0.25) is 0 Å². The Labute approximate surface area is 105 Å². The molecule has 4 heteroatoms. The lowest BCUT2D eigenvalue weighted by atomic mass is 10.2. The van der Waals surface area contributed by atoms with Gasteiger partial charge in [-0.15, -0.1) is 0 Å². The molecule has 0 fully saturated rings. The number of hydrogen-bond donors (Lipinski definition) is 1. The van der Waals surface area contributed by atoms with Gasteiger partial charge in [-0.05, 0) is 12.0 Å². The third-order valence-electron chi connectivity index (χ3n) is 2.80. The SMILES string of the molecule is CCCc1cn(Cc2ccccc2)c(=O)[nH]c1=O. The lowest BCUT2D eigenvalue weighted by Crippen LogP contribution is -2.32. The molecule has 1 heterocycles. The minimum atomic E-state index is -0.358. The fourth-order valence-electron chi connectivity index (χ4n) is 1.90. The van der Waals surface area contributed by atoms with Crippen molar-refractivity contribution in [1.29, 1.82) is 0 Å². The minimum absolute atomic E-state index is 0.272. The van der Waals surface area contributed by atoms with Crippen LogP contribution in [-0.4, -0.2) is 9.55 Å². The normalized spacial score (nSPS) is 10.5. The Morgan fingerprint density at radius 3 is 2.56 bits per heavy atom. The molecule has 0 spiro atoms. The van der Waals surface area contributed by atoms with Gasteiger partial charge in [0.05, 0.1) is 6.54 Å². The molecule has 18 heavy (non-hydrogen) atoms. The molecule has 1 aromatic heterocycles. The molecule has 0 saturated carbocycles. The van der Waals surface area contributed by atoms with Crippen molar-refractivity contribution >= 4 is 0 Å². The Kier molecular flexibility index (Phi) is 3.77. The molecule has 1 aromatic carbocycles. The Morgan fingerprint density at radius 1 is 1.17 bits per heavy atom. The van der Waals surface area contributed by atoms with E-state index in [-0.39, 0.29) is 11.2 Å². The van der Waals surface area contributed by atoms with E-state index in [0.29, 0.717) is 18.5 Å². The molecular weight excluding hydrogens is 228 g/mol. The van der Waals surface area contributed by atoms with Crippen LogP contribution >= 0.6 is 0 Å². The smallest absolute Gasteiger partial charge is 0.296 e. The summed E-state index contributed by atoms with van der Waals surface area (Å²) in [5, 5.41) is 0. The second-order valence-corrected chi connectivity index (χ2v) is 4.28. The molecule has 0 saturated heterocycles. The standard InChI is InChI=1S/C14H16N2O2/c1-2-6-12-10-16(14(18)15-13(12)17)9-11-7-4-3-5-8-11/h3-5,7-8,10H,2,6,9H2,1H3,(H,15,17,18). The number of benzene rings is 1. The number of aryl methyl sites for hydroxylation is 1. The second-order valence-electron chi connectivity index (χ2n) is 4.28. The first-order chi connectivity index (χ1) is 8.70. The number of rotatable bonds is 4. The summed E-state index contributed by atoms with van der Waals surface area (Å²) in [7, 11) is 0. The van der Waals surface area contributed by atoms with Crippen LogP contribution in [0.3, 0.4) is 0 Å². The van der Waals surface area contributed by atoms with Crippen LogP contribution in [0.4, 0.5) is 0 Å². The number of nitrogens with zero attached hydrogens (tertiary/aromatic N) is 1. The number of H-pyrrole nitrogens is 1. The summed E-state index contributed by atoms with van der Waals surface area (Å²) in [6.45, 7) is 2.49. The van der Waals surface area contributed by atoms with Crippen molar-refractivity contribution in [2.24, 2.45) is 0 Å². The molecule has 2 rings (SSSR count). The van der Waals surface area contributed by atoms with E-state index < -0.39 is 0 Å². The first-order valence-corrected chi connectivity index (χ1v) is 6.07. The molecule has 94 valence electrons. The van der Waals surface area contributed by atoms with Crippen LogP contribution in [0.15, 0.2) is 46.1 Å². The van der Waals surface area contributed by atoms with E-state index in [2.05, 4.69) is 4.98 Å². The van der Waals surface area contributed by atoms with Gasteiger partial charge in [-0.2, -0.15) is 0 Å². The van der Waals surface area contributed by atoms with Crippen LogP contribution < -0.4 is 11.2 Å². The lowest BCUT2D eigenvalue weighted by Gasteiger charge is -2.07. The summed E-state index contributed by atoms with van der Waals surface area (Å²) in [4.78, 5) is 25.6. The van der Waals surface area contributed by atoms with Gasteiger partial charge in [0.1, 0.15) is 0 Å². The van der Waals surface area contributed by atoms with Gasteiger partial charge in [0, 0.05) is 11.8 Å². The highest BCUT2D eigenvalue weighted by Crippen LogP contribution is 2.01. The van der Waals surface area contributed by atoms with E-state index in [1.807, 2.05) is 37.3 Å². The largest absolute Gasteiger partial charge is 0.328 e. The molecule has 0 unspecified atom stereocenters. The molecule has 2 aromatic rings. The molecule has 0 radical (unpaired) electrons. The van der Waals surface area contributed by atoms with Crippen LogP contribution in [0, 0.1) is 0 Å². The van der Waals surface area contributed by atoms with Gasteiger partial charge in [-0.1, -0.05) is 43.7 Å². The van der Waals surface area contributed by atoms with Gasteiger partial charge < -0.3 is 0 Å². The fraction of sp³-hybridized carbons (Fsp3) is 0.286. The van der Waals surface area contributed by atoms with Crippen molar-refractivity contribution in [2.75, 3.05) is 0 Å². The van der Waals surface area contributed by atoms with Crippen molar-refractivity contribution in [3.05, 3.63) is 68.5 Å². The molecule has 4 nitrogen and oxygen atoms in total. The first-order valence-electron chi connectivity index (χ1n) is 6.07. The van der Waals surface area contributed by atoms with E-state index in [9.17, 15) is 9.59 Å². The van der Waals surface area contributed by atoms with Crippen LogP contribution in [0.25, 0.3) is 0 Å². The van der Waals surface area contributed by atoms with Gasteiger partial charge in [-0.3, -0.25) is 14.3 Å². The van der Waals surface area contributed by atoms with Crippen LogP contribution in [0.2, 0.25) is 0 Å². The van der Waals surface area contributed by atoms with Crippen molar-refractivity contribution in [3.8, 4) is 0 Å². The molecule has 0 bridgehead atoms. The van der Waals surface area contributed by atoms with Gasteiger partial charge in [-0.25, -0.2) is 4.79 Å². The predicted molar refractivity (Wildman–Crippen MR) is 70.9 cm³/mol. The summed E-state index contributed by atoms with van der Waals surface area (Å²) in [6.07, 6.45) is 3.23. The van der Waals surface area contributed by atoms with Gasteiger partial charge in [0.25, 0.3) is 5.56 Å². The Bertz CT molecular complexity index is 626. The van der Waals surface area contributed by atoms with E-state index in [4.69, 9.17) is 0 Å². The van der Waals surface area contributed by atoms with Gasteiger partial charge >= 0.3 is 5.69 Å². The van der Waals surface area contributed by atoms with Crippen molar-refractivity contribution < 1.29 is 0 Å². The van der Waals surface area contributed by atoms with E-state index in [0.717, 1.165) is 12.0 Å². The Morgan fingerprint density at radius 2 is 1.89 bits per heavy atom. The van der Waals surface area contributed by atoms with Crippen LogP contribution in [0.1, 0.15) is 24.5 Å². The minimum Gasteiger partial charge on any atom is -0.296 e. The third-order valence-corrected chi connectivity index (χ3v) is 2.80. The fourth-order valence-corrected chi connectivity index (χ4v) is 1.90. The monoisotopic (exact) mass is 244 g/mol. The zero-order valence-electron chi connectivity index (χ0n) is 10.3. The highest BCUT2D eigenvalue weighted by atomic mass is 16.2. The third kappa shape index (κ3) is 2.77. The predicted octanol–water partition coefficient (Wildman–Crippen LogP) is 1.54. The first kappa shape index (κ1) is 12.4. The molecule has 1 N–H and O–H groups in total. The molecule has 0 aliphatic heterocycles. The average Bonchev–Trinajstić information content (AvgIpc) is 2.37. The van der Waals surface area contributed by atoms with Crippen molar-refractivity contribution in [2.45, 2.75) is 26.3 Å². The summed E-state index contributed by atoms with van der Waals surface area (Å²) >= 11 is 0. The Hall–Kier alpha value is -2.10. The van der Waals surface area contributed by atoms with Crippen LogP contribution in [-0.2, 0) is 13.0 Å². The zero-order chi connectivity index (χ0) is 13.0. The maximum atomic E-state index is 11.7. The highest BCUT2D eigenvalue weighted by Gasteiger charge is 2.04. The summed E-state index contributed by atoms with van der Waals surface area (Å²) < 4.78 is 1.54. The maximum Gasteiger partial charge on any atom is 0.328 e. The van der Waals surface area contributed by atoms with Gasteiger partial charge in [0.15, 0.2) is 0 Å². The molecule has 0 atom stereocenters. The molecule has 0 amide bonds. The molecule has 0 aliphatic carbocycles. The van der Waals surface area contributed by atoms with E-state index >= 15 is 0 Å². The average molecular weight is 244 g/mol. The lowest BCUT2D eigenvalue weighted by molar-refractivity contribution is 0.701. The summed E-state index contributed by atoms with van der Waals surface area (Å²) in [5.41, 5.74) is 1.07. The quantitative estimate of drug-likeness (QED) is 0.887. The number of nitrogens with one attached hydrogen (secondary N) is 1. The van der Waals surface area contributed by atoms with E-state index in [1.54, 1.807) is 10.8 Å². The van der Waals surface area contributed by atoms with Crippen molar-refractivity contribution in [3.63, 3.8) is 0 Å². The highest BCUT2D eigenvalue weighted by molar-refractivity contribution is 5.15. The number of aromatic nitrogens is 2. The summed E-state index contributed by atoms with van der Waals surface area (Å²) in [6, 6.07) is 9.70. The maximum absolute atomic E-state index is 11.7. The number of hydrogen-bond acceptors (Lipinski definition) is 2. The topological polar surface area (TPSA) is 54.9 Å². The Balaban J connectivity index is 2.36. The summed E-state index contributed by atoms with van der Waals surface area (Å²) in [5.74, 6) is 0. The van der Waals surface area contributed by atoms with E-state index in [1.165, 1.54) is 0 Å². The number of aromatic amines is 1.